The second kappa shape index (κ2) is 5.33. The van der Waals surface area contributed by atoms with Gasteiger partial charge in [0, 0.05) is 6.61 Å². The highest BCUT2D eigenvalue weighted by atomic mass is 16.5. The number of nitrogens with zero attached hydrogens (tertiary/aromatic N) is 1. The molecule has 0 radical (unpaired) electrons. The van der Waals surface area contributed by atoms with Gasteiger partial charge in [0.05, 0.1) is 6.10 Å². The van der Waals surface area contributed by atoms with Crippen LogP contribution in [-0.2, 0) is 9.53 Å². The molecule has 0 saturated carbocycles. The second-order valence-electron chi connectivity index (χ2n) is 2.57. The summed E-state index contributed by atoms with van der Waals surface area (Å²) in [5.41, 5.74) is 0.220. The smallest absolute Gasteiger partial charge is 0.346 e. The lowest BCUT2D eigenvalue weighted by atomic mass is 10.1. The summed E-state index contributed by atoms with van der Waals surface area (Å²) in [4.78, 5) is 10.5. The molecule has 13 heavy (non-hydrogen) atoms. The zero-order valence-electron chi connectivity index (χ0n) is 8.00. The second-order valence-corrected chi connectivity index (χ2v) is 2.57. The first-order valence-corrected chi connectivity index (χ1v) is 4.00. The molecule has 4 nitrogen and oxygen atoms in total. The Morgan fingerprint density at radius 2 is 2.23 bits per heavy atom. The van der Waals surface area contributed by atoms with Crippen LogP contribution >= 0.6 is 0 Å². The number of hydrogen-bond acceptors (Lipinski definition) is 3. The van der Waals surface area contributed by atoms with E-state index in [1.807, 2.05) is 6.92 Å². The Morgan fingerprint density at radius 3 is 2.54 bits per heavy atom. The van der Waals surface area contributed by atoms with Gasteiger partial charge in [-0.05, 0) is 26.3 Å². The molecule has 0 aliphatic rings. The Bertz CT molecular complexity index is 263. The summed E-state index contributed by atoms with van der Waals surface area (Å²) in [5, 5.41) is 17.2. The van der Waals surface area contributed by atoms with E-state index < -0.39 is 5.97 Å². The van der Waals surface area contributed by atoms with Gasteiger partial charge in [-0.25, -0.2) is 4.79 Å². The van der Waals surface area contributed by atoms with Crippen molar-refractivity contribution in [1.82, 2.24) is 0 Å². The summed E-state index contributed by atoms with van der Waals surface area (Å²) < 4.78 is 5.16. The monoisotopic (exact) mass is 183 g/mol. The van der Waals surface area contributed by atoms with Crippen LogP contribution in [0.15, 0.2) is 11.1 Å². The Labute approximate surface area is 77.4 Å². The van der Waals surface area contributed by atoms with E-state index in [9.17, 15) is 4.79 Å². The molecule has 1 N–H and O–H groups in total. The fourth-order valence-electron chi connectivity index (χ4n) is 0.883. The van der Waals surface area contributed by atoms with Crippen LogP contribution < -0.4 is 0 Å². The van der Waals surface area contributed by atoms with Crippen molar-refractivity contribution in [3.05, 3.63) is 11.1 Å². The molecular formula is C9H13NO3. The first kappa shape index (κ1) is 11.7. The maximum atomic E-state index is 10.5. The normalized spacial score (nSPS) is 14.3. The van der Waals surface area contributed by atoms with Gasteiger partial charge in [0.15, 0.2) is 0 Å². The van der Waals surface area contributed by atoms with E-state index in [1.54, 1.807) is 19.9 Å². The zero-order chi connectivity index (χ0) is 10.4. The van der Waals surface area contributed by atoms with Gasteiger partial charge in [0.2, 0.25) is 0 Å². The maximum Gasteiger partial charge on any atom is 0.346 e. The molecule has 0 aromatic carbocycles. The lowest BCUT2D eigenvalue weighted by Gasteiger charge is -2.12. The van der Waals surface area contributed by atoms with Crippen molar-refractivity contribution < 1.29 is 14.6 Å². The molecule has 1 unspecified atom stereocenters. The van der Waals surface area contributed by atoms with Gasteiger partial charge in [-0.2, -0.15) is 5.26 Å². The number of carboxylic acid groups (broad SMARTS) is 1. The number of aliphatic carboxylic acids is 1. The third kappa shape index (κ3) is 3.26. The summed E-state index contributed by atoms with van der Waals surface area (Å²) in [6.07, 6.45) is -0.323. The average Bonchev–Trinajstić information content (AvgIpc) is 2.05. The van der Waals surface area contributed by atoms with Gasteiger partial charge in [0.1, 0.15) is 11.6 Å². The Kier molecular flexibility index (Phi) is 4.78. The van der Waals surface area contributed by atoms with Crippen molar-refractivity contribution in [2.75, 3.05) is 6.61 Å². The lowest BCUT2D eigenvalue weighted by Crippen LogP contribution is -2.14. The third-order valence-electron chi connectivity index (χ3n) is 1.75. The van der Waals surface area contributed by atoms with E-state index in [4.69, 9.17) is 15.1 Å². The van der Waals surface area contributed by atoms with E-state index >= 15 is 0 Å². The number of ether oxygens (including phenoxy) is 1. The van der Waals surface area contributed by atoms with E-state index in [0.717, 1.165) is 0 Å². The molecule has 1 atom stereocenters. The van der Waals surface area contributed by atoms with Crippen molar-refractivity contribution in [2.24, 2.45) is 0 Å². The molecule has 0 amide bonds. The van der Waals surface area contributed by atoms with Crippen molar-refractivity contribution in [2.45, 2.75) is 26.9 Å². The molecule has 0 spiro atoms. The van der Waals surface area contributed by atoms with Gasteiger partial charge < -0.3 is 9.84 Å². The Hall–Kier alpha value is -1.34. The molecule has 0 saturated heterocycles. The number of carboxylic acids is 1. The van der Waals surface area contributed by atoms with Gasteiger partial charge in [-0.15, -0.1) is 0 Å². The highest BCUT2D eigenvalue weighted by Gasteiger charge is 2.15. The van der Waals surface area contributed by atoms with Gasteiger partial charge in [-0.1, -0.05) is 0 Å². The van der Waals surface area contributed by atoms with E-state index in [2.05, 4.69) is 0 Å². The lowest BCUT2D eigenvalue weighted by molar-refractivity contribution is -0.132. The van der Waals surface area contributed by atoms with Crippen molar-refractivity contribution >= 4 is 5.97 Å². The molecule has 0 aliphatic carbocycles. The van der Waals surface area contributed by atoms with Crippen LogP contribution in [0.25, 0.3) is 0 Å². The molecule has 0 aliphatic heterocycles. The summed E-state index contributed by atoms with van der Waals surface area (Å²) in [6.45, 7) is 5.62. The largest absolute Gasteiger partial charge is 0.477 e. The summed E-state index contributed by atoms with van der Waals surface area (Å²) >= 11 is 0. The minimum atomic E-state index is -1.20. The predicted molar refractivity (Wildman–Crippen MR) is 47.0 cm³/mol. The first-order valence-electron chi connectivity index (χ1n) is 4.00. The van der Waals surface area contributed by atoms with Crippen LogP contribution in [0.5, 0.6) is 0 Å². The van der Waals surface area contributed by atoms with Crippen LogP contribution in [-0.4, -0.2) is 23.8 Å². The molecular weight excluding hydrogens is 170 g/mol. The van der Waals surface area contributed by atoms with E-state index in [1.165, 1.54) is 0 Å². The minimum Gasteiger partial charge on any atom is -0.477 e. The SMILES string of the molecule is CCOC(C)/C(C)=C(/C#N)C(=O)O. The van der Waals surface area contributed by atoms with Crippen LogP contribution in [0.2, 0.25) is 0 Å². The summed E-state index contributed by atoms with van der Waals surface area (Å²) in [5.74, 6) is -1.20. The van der Waals surface area contributed by atoms with Crippen LogP contribution in [0.3, 0.4) is 0 Å². The highest BCUT2D eigenvalue weighted by Crippen LogP contribution is 2.11. The number of rotatable bonds is 4. The van der Waals surface area contributed by atoms with E-state index in [-0.39, 0.29) is 11.7 Å². The van der Waals surface area contributed by atoms with Crippen molar-refractivity contribution in [3.63, 3.8) is 0 Å². The Balaban J connectivity index is 4.77. The fraction of sp³-hybridized carbons (Fsp3) is 0.556. The topological polar surface area (TPSA) is 70.3 Å². The Morgan fingerprint density at radius 1 is 1.69 bits per heavy atom. The standard InChI is InChI=1S/C9H13NO3/c1-4-13-7(3)6(2)8(5-10)9(11)12/h7H,4H2,1-3H3,(H,11,12)/b8-6-. The first-order chi connectivity index (χ1) is 6.04. The maximum absolute atomic E-state index is 10.5. The molecule has 0 heterocycles. The van der Waals surface area contributed by atoms with Crippen LogP contribution in [0.1, 0.15) is 20.8 Å². The van der Waals surface area contributed by atoms with Crippen LogP contribution in [0.4, 0.5) is 0 Å². The summed E-state index contributed by atoms with van der Waals surface area (Å²) in [6, 6.07) is 1.64. The van der Waals surface area contributed by atoms with Crippen molar-refractivity contribution in [3.8, 4) is 6.07 Å². The third-order valence-corrected chi connectivity index (χ3v) is 1.75. The molecule has 0 bridgehead atoms. The molecule has 0 aromatic heterocycles. The van der Waals surface area contributed by atoms with Crippen molar-refractivity contribution in [1.29, 1.82) is 5.26 Å². The minimum absolute atomic E-state index is 0.235. The number of hydrogen-bond donors (Lipinski definition) is 1. The molecule has 0 rings (SSSR count). The zero-order valence-corrected chi connectivity index (χ0v) is 8.00. The summed E-state index contributed by atoms with van der Waals surface area (Å²) in [7, 11) is 0. The van der Waals surface area contributed by atoms with E-state index in [0.29, 0.717) is 12.2 Å². The molecule has 72 valence electrons. The molecule has 0 fully saturated rings. The average molecular weight is 183 g/mol. The van der Waals surface area contributed by atoms with Gasteiger partial charge in [-0.3, -0.25) is 0 Å². The molecule has 0 aromatic rings. The quantitative estimate of drug-likeness (QED) is 0.527. The number of carbonyl (C=O) groups is 1. The molecule has 4 heteroatoms. The predicted octanol–water partition coefficient (Wildman–Crippen LogP) is 1.34. The number of nitriles is 1. The van der Waals surface area contributed by atoms with Gasteiger partial charge in [0.25, 0.3) is 0 Å². The van der Waals surface area contributed by atoms with Gasteiger partial charge >= 0.3 is 5.97 Å². The fourth-order valence-corrected chi connectivity index (χ4v) is 0.883. The highest BCUT2D eigenvalue weighted by molar-refractivity contribution is 5.92. The van der Waals surface area contributed by atoms with Crippen LogP contribution in [0, 0.1) is 11.3 Å².